The zero-order valence-electron chi connectivity index (χ0n) is 8.96. The van der Waals surface area contributed by atoms with E-state index in [-0.39, 0.29) is 6.03 Å². The lowest BCUT2D eigenvalue weighted by Gasteiger charge is -2.20. The SMILES string of the molecule is CN1CCCN(C(=O)n2ccnc2)CC1. The predicted molar refractivity (Wildman–Crippen MR) is 56.7 cm³/mol. The fourth-order valence-corrected chi connectivity index (χ4v) is 1.77. The maximum Gasteiger partial charge on any atom is 0.329 e. The molecular weight excluding hydrogens is 192 g/mol. The van der Waals surface area contributed by atoms with E-state index >= 15 is 0 Å². The van der Waals surface area contributed by atoms with Gasteiger partial charge in [0.15, 0.2) is 0 Å². The molecule has 0 saturated carbocycles. The Bertz CT molecular complexity index is 322. The Morgan fingerprint density at radius 1 is 1.27 bits per heavy atom. The Labute approximate surface area is 89.3 Å². The third-order valence-electron chi connectivity index (χ3n) is 2.72. The van der Waals surface area contributed by atoms with Crippen LogP contribution in [-0.2, 0) is 0 Å². The zero-order valence-corrected chi connectivity index (χ0v) is 8.96. The standard InChI is InChI=1S/C10H16N4O/c1-12-4-2-5-13(8-7-12)10(15)14-6-3-11-9-14/h3,6,9H,2,4-5,7-8H2,1H3. The molecule has 1 fully saturated rings. The maximum atomic E-state index is 12.0. The molecule has 0 radical (unpaired) electrons. The zero-order chi connectivity index (χ0) is 10.7. The molecular formula is C10H16N4O. The molecule has 2 rings (SSSR count). The maximum absolute atomic E-state index is 12.0. The van der Waals surface area contributed by atoms with E-state index in [1.54, 1.807) is 18.7 Å². The van der Waals surface area contributed by atoms with E-state index in [4.69, 9.17) is 0 Å². The van der Waals surface area contributed by atoms with Gasteiger partial charge in [-0.05, 0) is 20.0 Å². The van der Waals surface area contributed by atoms with Crippen molar-refractivity contribution in [1.82, 2.24) is 19.4 Å². The second-order valence-electron chi connectivity index (χ2n) is 3.90. The van der Waals surface area contributed by atoms with Crippen molar-refractivity contribution in [3.8, 4) is 0 Å². The van der Waals surface area contributed by atoms with E-state index in [1.807, 2.05) is 4.90 Å². The Balaban J connectivity index is 2.01. The van der Waals surface area contributed by atoms with Crippen molar-refractivity contribution in [2.24, 2.45) is 0 Å². The normalized spacial score (nSPS) is 18.9. The van der Waals surface area contributed by atoms with E-state index in [0.29, 0.717) is 0 Å². The van der Waals surface area contributed by atoms with Gasteiger partial charge in [-0.1, -0.05) is 0 Å². The van der Waals surface area contributed by atoms with Crippen LogP contribution in [0.25, 0.3) is 0 Å². The van der Waals surface area contributed by atoms with Crippen molar-refractivity contribution >= 4 is 6.03 Å². The van der Waals surface area contributed by atoms with Gasteiger partial charge < -0.3 is 9.80 Å². The van der Waals surface area contributed by atoms with E-state index < -0.39 is 0 Å². The van der Waals surface area contributed by atoms with E-state index in [9.17, 15) is 4.79 Å². The molecule has 0 spiro atoms. The first-order valence-electron chi connectivity index (χ1n) is 5.23. The summed E-state index contributed by atoms with van der Waals surface area (Å²) in [5.41, 5.74) is 0. The van der Waals surface area contributed by atoms with Crippen LogP contribution in [-0.4, -0.2) is 58.6 Å². The molecule has 1 saturated heterocycles. The minimum absolute atomic E-state index is 0.0304. The Morgan fingerprint density at radius 3 is 2.87 bits per heavy atom. The van der Waals surface area contributed by atoms with Crippen LogP contribution in [0.15, 0.2) is 18.7 Å². The second-order valence-corrected chi connectivity index (χ2v) is 3.90. The highest BCUT2D eigenvalue weighted by Gasteiger charge is 2.17. The molecule has 0 aromatic carbocycles. The van der Waals surface area contributed by atoms with Gasteiger partial charge in [-0.3, -0.25) is 4.57 Å². The van der Waals surface area contributed by atoms with Crippen LogP contribution in [0.3, 0.4) is 0 Å². The largest absolute Gasteiger partial charge is 0.329 e. The summed E-state index contributed by atoms with van der Waals surface area (Å²) in [4.78, 5) is 20.0. The number of carbonyl (C=O) groups excluding carboxylic acids is 1. The van der Waals surface area contributed by atoms with Crippen LogP contribution in [0.4, 0.5) is 4.79 Å². The monoisotopic (exact) mass is 208 g/mol. The van der Waals surface area contributed by atoms with Crippen molar-refractivity contribution in [2.75, 3.05) is 33.2 Å². The molecule has 1 aromatic heterocycles. The predicted octanol–water partition coefficient (Wildman–Crippen LogP) is 0.489. The highest BCUT2D eigenvalue weighted by atomic mass is 16.2. The summed E-state index contributed by atoms with van der Waals surface area (Å²) < 4.78 is 1.53. The summed E-state index contributed by atoms with van der Waals surface area (Å²) in [6.45, 7) is 3.64. The van der Waals surface area contributed by atoms with Crippen LogP contribution in [0.2, 0.25) is 0 Å². The Kier molecular flexibility index (Phi) is 3.01. The summed E-state index contributed by atoms with van der Waals surface area (Å²) in [5.74, 6) is 0. The molecule has 1 amide bonds. The minimum Gasteiger partial charge on any atom is -0.323 e. The first-order chi connectivity index (χ1) is 7.27. The van der Waals surface area contributed by atoms with Crippen LogP contribution in [0.5, 0.6) is 0 Å². The quantitative estimate of drug-likeness (QED) is 0.623. The van der Waals surface area contributed by atoms with Gasteiger partial charge >= 0.3 is 6.03 Å². The Hall–Kier alpha value is -1.36. The van der Waals surface area contributed by atoms with Gasteiger partial charge in [0.2, 0.25) is 0 Å². The van der Waals surface area contributed by atoms with Gasteiger partial charge in [-0.15, -0.1) is 0 Å². The first-order valence-corrected chi connectivity index (χ1v) is 5.23. The molecule has 5 nitrogen and oxygen atoms in total. The second kappa shape index (κ2) is 4.44. The topological polar surface area (TPSA) is 41.4 Å². The molecule has 0 bridgehead atoms. The van der Waals surface area contributed by atoms with Crippen LogP contribution in [0, 0.1) is 0 Å². The molecule has 0 N–H and O–H groups in total. The fourth-order valence-electron chi connectivity index (χ4n) is 1.77. The Morgan fingerprint density at radius 2 is 2.13 bits per heavy atom. The fraction of sp³-hybridized carbons (Fsp3) is 0.600. The summed E-state index contributed by atoms with van der Waals surface area (Å²) in [7, 11) is 2.09. The number of carbonyl (C=O) groups is 1. The summed E-state index contributed by atoms with van der Waals surface area (Å²) in [6, 6.07) is 0.0304. The summed E-state index contributed by atoms with van der Waals surface area (Å²) >= 11 is 0. The highest BCUT2D eigenvalue weighted by molar-refractivity contribution is 5.76. The molecule has 0 atom stereocenters. The van der Waals surface area contributed by atoms with Gasteiger partial charge in [0.05, 0.1) is 0 Å². The lowest BCUT2D eigenvalue weighted by Crippen LogP contribution is -2.36. The van der Waals surface area contributed by atoms with E-state index in [1.165, 1.54) is 4.57 Å². The van der Waals surface area contributed by atoms with Crippen molar-refractivity contribution in [3.63, 3.8) is 0 Å². The molecule has 1 aliphatic heterocycles. The molecule has 0 aliphatic carbocycles. The van der Waals surface area contributed by atoms with Crippen molar-refractivity contribution in [2.45, 2.75) is 6.42 Å². The molecule has 1 aliphatic rings. The number of rotatable bonds is 0. The van der Waals surface area contributed by atoms with Crippen molar-refractivity contribution < 1.29 is 4.79 Å². The highest BCUT2D eigenvalue weighted by Crippen LogP contribution is 2.03. The number of hydrogen-bond acceptors (Lipinski definition) is 3. The van der Waals surface area contributed by atoms with Gasteiger partial charge in [0.1, 0.15) is 6.33 Å². The number of aromatic nitrogens is 2. The molecule has 82 valence electrons. The summed E-state index contributed by atoms with van der Waals surface area (Å²) in [5, 5.41) is 0. The molecule has 0 unspecified atom stereocenters. The number of imidazole rings is 1. The van der Waals surface area contributed by atoms with Gasteiger partial charge in [0.25, 0.3) is 0 Å². The lowest BCUT2D eigenvalue weighted by molar-refractivity contribution is 0.201. The molecule has 1 aromatic rings. The third kappa shape index (κ3) is 2.36. The number of amides is 1. The first kappa shape index (κ1) is 10.2. The number of nitrogens with zero attached hydrogens (tertiary/aromatic N) is 4. The third-order valence-corrected chi connectivity index (χ3v) is 2.72. The van der Waals surface area contributed by atoms with Crippen LogP contribution < -0.4 is 0 Å². The van der Waals surface area contributed by atoms with Gasteiger partial charge in [-0.2, -0.15) is 0 Å². The van der Waals surface area contributed by atoms with Crippen LogP contribution in [0.1, 0.15) is 6.42 Å². The van der Waals surface area contributed by atoms with E-state index in [2.05, 4.69) is 16.9 Å². The van der Waals surface area contributed by atoms with Crippen LogP contribution >= 0.6 is 0 Å². The molecule has 2 heterocycles. The van der Waals surface area contributed by atoms with Crippen molar-refractivity contribution in [1.29, 1.82) is 0 Å². The minimum atomic E-state index is 0.0304. The van der Waals surface area contributed by atoms with Crippen molar-refractivity contribution in [3.05, 3.63) is 18.7 Å². The van der Waals surface area contributed by atoms with Gasteiger partial charge in [0, 0.05) is 32.0 Å². The van der Waals surface area contributed by atoms with Gasteiger partial charge in [-0.25, -0.2) is 9.78 Å². The average Bonchev–Trinajstić information content (AvgIpc) is 2.67. The summed E-state index contributed by atoms with van der Waals surface area (Å²) in [6.07, 6.45) is 5.91. The smallest absolute Gasteiger partial charge is 0.323 e. The molecule has 5 heteroatoms. The number of hydrogen-bond donors (Lipinski definition) is 0. The molecule has 15 heavy (non-hydrogen) atoms. The average molecular weight is 208 g/mol. The number of likely N-dealkylation sites (N-methyl/N-ethyl adjacent to an activating group) is 1. The lowest BCUT2D eigenvalue weighted by atomic mass is 10.4. The van der Waals surface area contributed by atoms with E-state index in [0.717, 1.165) is 32.6 Å².